The van der Waals surface area contributed by atoms with Crippen molar-refractivity contribution < 1.29 is 17.2 Å². The van der Waals surface area contributed by atoms with E-state index in [1.807, 2.05) is 0 Å². The fourth-order valence-corrected chi connectivity index (χ4v) is 3.59. The molecule has 114 valence electrons. The number of hydrogen-bond acceptors (Lipinski definition) is 6. The maximum Gasteiger partial charge on any atom is 0.266 e. The number of anilines is 1. The van der Waals surface area contributed by atoms with Crippen LogP contribution in [0.15, 0.2) is 17.0 Å². The van der Waals surface area contributed by atoms with E-state index in [9.17, 15) is 17.2 Å². The van der Waals surface area contributed by atoms with Gasteiger partial charge < -0.3 is 5.32 Å². The minimum Gasteiger partial charge on any atom is -0.316 e. The Morgan fingerprint density at radius 3 is 2.57 bits per heavy atom. The van der Waals surface area contributed by atoms with E-state index in [4.69, 9.17) is 0 Å². The standard InChI is InChI=1S/C11H12F2N4O2S2/c1-6-15-16-11(20-6)17-21(18,19)9-4-7(5-14-2)3-8(12)10(9)13/h3-4,14H,5H2,1-2H3,(H,16,17). The fourth-order valence-electron chi connectivity index (χ4n) is 1.63. The van der Waals surface area contributed by atoms with E-state index in [0.29, 0.717) is 10.6 Å². The molecule has 0 aliphatic heterocycles. The van der Waals surface area contributed by atoms with Crippen LogP contribution in [0.1, 0.15) is 10.6 Å². The lowest BCUT2D eigenvalue weighted by Crippen LogP contribution is -2.16. The maximum atomic E-state index is 13.8. The molecule has 0 saturated heterocycles. The molecule has 0 spiro atoms. The van der Waals surface area contributed by atoms with Gasteiger partial charge in [0.25, 0.3) is 10.0 Å². The third kappa shape index (κ3) is 3.52. The van der Waals surface area contributed by atoms with Gasteiger partial charge in [0.2, 0.25) is 5.13 Å². The minimum atomic E-state index is -4.28. The van der Waals surface area contributed by atoms with E-state index in [-0.39, 0.29) is 11.7 Å². The Morgan fingerprint density at radius 2 is 2.00 bits per heavy atom. The number of nitrogens with zero attached hydrogens (tertiary/aromatic N) is 2. The lowest BCUT2D eigenvalue weighted by atomic mass is 10.2. The number of sulfonamides is 1. The molecule has 1 aromatic heterocycles. The molecule has 0 unspecified atom stereocenters. The Kier molecular flexibility index (Phi) is 4.49. The predicted octanol–water partition coefficient (Wildman–Crippen LogP) is 1.64. The van der Waals surface area contributed by atoms with E-state index >= 15 is 0 Å². The molecule has 2 aromatic rings. The largest absolute Gasteiger partial charge is 0.316 e. The highest BCUT2D eigenvalue weighted by Crippen LogP contribution is 2.24. The number of aryl methyl sites for hydroxylation is 1. The zero-order valence-corrected chi connectivity index (χ0v) is 12.8. The summed E-state index contributed by atoms with van der Waals surface area (Å²) in [6.07, 6.45) is 0. The van der Waals surface area contributed by atoms with Crippen LogP contribution < -0.4 is 10.0 Å². The number of halogens is 2. The highest BCUT2D eigenvalue weighted by molar-refractivity contribution is 7.93. The summed E-state index contributed by atoms with van der Waals surface area (Å²) in [6.45, 7) is 1.85. The van der Waals surface area contributed by atoms with Gasteiger partial charge in [-0.15, -0.1) is 10.2 Å². The third-order valence-corrected chi connectivity index (χ3v) is 4.69. The van der Waals surface area contributed by atoms with Crippen molar-refractivity contribution in [1.29, 1.82) is 0 Å². The van der Waals surface area contributed by atoms with Gasteiger partial charge in [-0.3, -0.25) is 4.72 Å². The Hall–Kier alpha value is -1.65. The second-order valence-corrected chi connectivity index (χ2v) is 6.98. The smallest absolute Gasteiger partial charge is 0.266 e. The predicted molar refractivity (Wildman–Crippen MR) is 74.6 cm³/mol. The maximum absolute atomic E-state index is 13.8. The number of aromatic nitrogens is 2. The Balaban J connectivity index is 2.43. The molecule has 6 nitrogen and oxygen atoms in total. The number of rotatable bonds is 5. The summed E-state index contributed by atoms with van der Waals surface area (Å²) in [5.74, 6) is -2.65. The van der Waals surface area contributed by atoms with Crippen LogP contribution in [-0.2, 0) is 16.6 Å². The molecule has 0 atom stereocenters. The molecule has 0 aliphatic carbocycles. The number of hydrogen-bond donors (Lipinski definition) is 2. The van der Waals surface area contributed by atoms with Crippen LogP contribution in [0.4, 0.5) is 13.9 Å². The van der Waals surface area contributed by atoms with E-state index in [1.165, 1.54) is 0 Å². The molecule has 0 bridgehead atoms. The molecule has 0 saturated carbocycles. The molecular weight excluding hydrogens is 322 g/mol. The van der Waals surface area contributed by atoms with Gasteiger partial charge >= 0.3 is 0 Å². The Morgan fingerprint density at radius 1 is 1.29 bits per heavy atom. The van der Waals surface area contributed by atoms with Crippen molar-refractivity contribution in [1.82, 2.24) is 15.5 Å². The molecule has 0 amide bonds. The van der Waals surface area contributed by atoms with Crippen LogP contribution in [0.25, 0.3) is 0 Å². The van der Waals surface area contributed by atoms with Crippen LogP contribution in [0.5, 0.6) is 0 Å². The molecule has 2 N–H and O–H groups in total. The molecule has 2 rings (SSSR count). The first-order valence-electron chi connectivity index (χ1n) is 5.79. The van der Waals surface area contributed by atoms with Crippen molar-refractivity contribution in [3.05, 3.63) is 34.3 Å². The molecule has 21 heavy (non-hydrogen) atoms. The second-order valence-electron chi connectivity index (χ2n) is 4.15. The molecule has 0 aliphatic rings. The summed E-state index contributed by atoms with van der Waals surface area (Å²) in [6, 6.07) is 2.02. The lowest BCUT2D eigenvalue weighted by Gasteiger charge is -2.09. The highest BCUT2D eigenvalue weighted by atomic mass is 32.2. The monoisotopic (exact) mass is 334 g/mol. The van der Waals surface area contributed by atoms with Crippen molar-refractivity contribution in [3.63, 3.8) is 0 Å². The van der Waals surface area contributed by atoms with E-state index < -0.39 is 26.6 Å². The SMILES string of the molecule is CNCc1cc(F)c(F)c(S(=O)(=O)Nc2nnc(C)s2)c1. The average molecular weight is 334 g/mol. The van der Waals surface area contributed by atoms with Crippen LogP contribution >= 0.6 is 11.3 Å². The fraction of sp³-hybridized carbons (Fsp3) is 0.273. The molecule has 0 radical (unpaired) electrons. The molecule has 0 fully saturated rings. The van der Waals surface area contributed by atoms with Crippen molar-refractivity contribution in [3.8, 4) is 0 Å². The normalized spacial score (nSPS) is 11.6. The zero-order valence-electron chi connectivity index (χ0n) is 11.1. The second kappa shape index (κ2) is 6.00. The zero-order chi connectivity index (χ0) is 15.6. The van der Waals surface area contributed by atoms with E-state index in [2.05, 4.69) is 20.2 Å². The topological polar surface area (TPSA) is 84.0 Å². The van der Waals surface area contributed by atoms with Gasteiger partial charge in [-0.25, -0.2) is 17.2 Å². The first-order valence-corrected chi connectivity index (χ1v) is 8.09. The summed E-state index contributed by atoms with van der Waals surface area (Å²) >= 11 is 0.993. The average Bonchev–Trinajstić information content (AvgIpc) is 2.78. The van der Waals surface area contributed by atoms with E-state index in [1.54, 1.807) is 14.0 Å². The summed E-state index contributed by atoms with van der Waals surface area (Å²) in [7, 11) is -2.67. The van der Waals surface area contributed by atoms with Gasteiger partial charge in [0.15, 0.2) is 11.6 Å². The minimum absolute atomic E-state index is 0.00803. The molecular formula is C11H12F2N4O2S2. The van der Waals surface area contributed by atoms with Crippen LogP contribution in [-0.4, -0.2) is 25.7 Å². The summed E-state index contributed by atoms with van der Waals surface area (Å²) in [5.41, 5.74) is 0.310. The van der Waals surface area contributed by atoms with Gasteiger partial charge in [-0.05, 0) is 31.7 Å². The van der Waals surface area contributed by atoms with Crippen molar-refractivity contribution >= 4 is 26.5 Å². The first kappa shape index (κ1) is 15.7. The summed E-state index contributed by atoms with van der Waals surface area (Å²) in [5, 5.41) is 10.5. The number of nitrogens with one attached hydrogen (secondary N) is 2. The van der Waals surface area contributed by atoms with Gasteiger partial charge in [-0.2, -0.15) is 0 Å². The van der Waals surface area contributed by atoms with Gasteiger partial charge in [-0.1, -0.05) is 11.3 Å². The van der Waals surface area contributed by atoms with E-state index in [0.717, 1.165) is 23.5 Å². The van der Waals surface area contributed by atoms with Crippen molar-refractivity contribution in [2.45, 2.75) is 18.4 Å². The summed E-state index contributed by atoms with van der Waals surface area (Å²) in [4.78, 5) is -0.763. The third-order valence-electron chi connectivity index (χ3n) is 2.47. The van der Waals surface area contributed by atoms with Crippen molar-refractivity contribution in [2.24, 2.45) is 0 Å². The van der Waals surface area contributed by atoms with Crippen LogP contribution in [0, 0.1) is 18.6 Å². The Labute approximate surface area is 124 Å². The first-order chi connectivity index (χ1) is 9.83. The molecule has 10 heteroatoms. The Bertz CT molecular complexity index is 762. The van der Waals surface area contributed by atoms with Gasteiger partial charge in [0.1, 0.15) is 9.90 Å². The van der Waals surface area contributed by atoms with Crippen molar-refractivity contribution in [2.75, 3.05) is 11.8 Å². The molecule has 1 aromatic carbocycles. The molecule has 1 heterocycles. The highest BCUT2D eigenvalue weighted by Gasteiger charge is 2.24. The number of benzene rings is 1. The summed E-state index contributed by atoms with van der Waals surface area (Å²) < 4.78 is 53.7. The quantitative estimate of drug-likeness (QED) is 0.868. The van der Waals surface area contributed by atoms with Gasteiger partial charge in [0, 0.05) is 6.54 Å². The van der Waals surface area contributed by atoms with Crippen LogP contribution in [0.3, 0.4) is 0 Å². The van der Waals surface area contributed by atoms with Gasteiger partial charge in [0.05, 0.1) is 0 Å². The van der Waals surface area contributed by atoms with Crippen LogP contribution in [0.2, 0.25) is 0 Å². The lowest BCUT2D eigenvalue weighted by molar-refractivity contribution is 0.483.